The fraction of sp³-hybridized carbons (Fsp3) is 0.680. The number of anilines is 1. The number of ether oxygens (including phenoxy) is 2. The van der Waals surface area contributed by atoms with Gasteiger partial charge in [0.2, 0.25) is 5.91 Å². The molecule has 2 unspecified atom stereocenters. The van der Waals surface area contributed by atoms with Crippen molar-refractivity contribution in [1.82, 2.24) is 14.7 Å². The third kappa shape index (κ3) is 4.14. The molecule has 8 heteroatoms. The first-order valence-corrected chi connectivity index (χ1v) is 12.6. The van der Waals surface area contributed by atoms with E-state index in [1.807, 2.05) is 23.1 Å². The lowest BCUT2D eigenvalue weighted by Gasteiger charge is -2.54. The van der Waals surface area contributed by atoms with Gasteiger partial charge in [-0.05, 0) is 56.1 Å². The highest BCUT2D eigenvalue weighted by molar-refractivity contribution is 5.89. The van der Waals surface area contributed by atoms with E-state index in [1.54, 1.807) is 0 Å². The van der Waals surface area contributed by atoms with Crippen LogP contribution in [0.5, 0.6) is 11.5 Å². The topological polar surface area (TPSA) is 74.4 Å². The van der Waals surface area contributed by atoms with E-state index >= 15 is 0 Å². The fourth-order valence-electron chi connectivity index (χ4n) is 6.70. The molecule has 33 heavy (non-hydrogen) atoms. The van der Waals surface area contributed by atoms with Crippen molar-refractivity contribution in [3.8, 4) is 11.5 Å². The van der Waals surface area contributed by atoms with Crippen molar-refractivity contribution < 1.29 is 19.1 Å². The van der Waals surface area contributed by atoms with Gasteiger partial charge >= 0.3 is 6.03 Å². The van der Waals surface area contributed by atoms with E-state index < -0.39 is 0 Å². The molecule has 5 aliphatic rings. The molecule has 0 radical (unpaired) electrons. The zero-order valence-electron chi connectivity index (χ0n) is 19.2. The summed E-state index contributed by atoms with van der Waals surface area (Å²) in [5.74, 6) is 3.03. The standard InChI is InChI=1S/C25H34N4O4/c30-24-3-1-2-21-18-12-17(15-29(21)24)14-28(16-18)20-6-8-27(9-7-20)25(31)26-19-4-5-22-23(13-19)33-11-10-32-22/h4-5,13,17-18,20-21H,1-3,6-12,14-16H2,(H,26,31)/t17?,18?,21-/m1/s1. The van der Waals surface area contributed by atoms with Crippen LogP contribution in [0.4, 0.5) is 10.5 Å². The van der Waals surface area contributed by atoms with Gasteiger partial charge in [0.1, 0.15) is 13.2 Å². The normalized spacial score (nSPS) is 30.1. The van der Waals surface area contributed by atoms with E-state index in [9.17, 15) is 9.59 Å². The average Bonchev–Trinajstić information content (AvgIpc) is 2.85. The van der Waals surface area contributed by atoms with Crippen molar-refractivity contribution in [3.05, 3.63) is 18.2 Å². The molecule has 8 nitrogen and oxygen atoms in total. The first kappa shape index (κ1) is 21.1. The maximum atomic E-state index is 12.9. The van der Waals surface area contributed by atoms with Gasteiger partial charge in [-0.15, -0.1) is 0 Å². The van der Waals surface area contributed by atoms with E-state index in [-0.39, 0.29) is 6.03 Å². The molecule has 1 aromatic carbocycles. The average molecular weight is 455 g/mol. The minimum atomic E-state index is -0.0444. The number of carbonyl (C=O) groups excluding carboxylic acids is 2. The lowest BCUT2D eigenvalue weighted by Crippen LogP contribution is -2.62. The molecule has 1 N–H and O–H groups in total. The highest BCUT2D eigenvalue weighted by Gasteiger charge is 2.45. The van der Waals surface area contributed by atoms with Gasteiger partial charge in [0.15, 0.2) is 11.5 Å². The summed E-state index contributed by atoms with van der Waals surface area (Å²) < 4.78 is 11.2. The van der Waals surface area contributed by atoms with Crippen molar-refractivity contribution in [2.75, 3.05) is 51.3 Å². The van der Waals surface area contributed by atoms with E-state index in [0.717, 1.165) is 69.8 Å². The molecule has 4 fully saturated rings. The number of fused-ring (bicyclic) bond motifs is 5. The summed E-state index contributed by atoms with van der Waals surface area (Å²) in [7, 11) is 0. The number of nitrogens with one attached hydrogen (secondary N) is 1. The molecular formula is C25H34N4O4. The van der Waals surface area contributed by atoms with Crippen LogP contribution in [0, 0.1) is 11.8 Å². The third-order valence-electron chi connectivity index (χ3n) is 8.27. The second-order valence-corrected chi connectivity index (χ2v) is 10.3. The largest absolute Gasteiger partial charge is 0.486 e. The Morgan fingerprint density at radius 2 is 1.82 bits per heavy atom. The van der Waals surface area contributed by atoms with Gasteiger partial charge in [-0.2, -0.15) is 0 Å². The number of amides is 3. The smallest absolute Gasteiger partial charge is 0.321 e. The molecule has 3 amide bonds. The Kier molecular flexibility index (Phi) is 5.56. The van der Waals surface area contributed by atoms with Crippen LogP contribution < -0.4 is 14.8 Å². The molecule has 2 bridgehead atoms. The molecule has 5 aliphatic heterocycles. The number of likely N-dealkylation sites (tertiary alicyclic amines) is 2. The molecule has 0 aromatic heterocycles. The molecule has 4 saturated heterocycles. The summed E-state index contributed by atoms with van der Waals surface area (Å²) in [6, 6.07) is 6.51. The second-order valence-electron chi connectivity index (χ2n) is 10.3. The number of benzene rings is 1. The number of urea groups is 1. The molecule has 3 atom stereocenters. The fourth-order valence-corrected chi connectivity index (χ4v) is 6.70. The minimum Gasteiger partial charge on any atom is -0.486 e. The Morgan fingerprint density at radius 3 is 2.67 bits per heavy atom. The SMILES string of the molecule is O=C(Nc1ccc2c(c1)OCCO2)N1CCC(N2CC3CC(C2)[C@H]2CCCC(=O)N2C3)CC1. The van der Waals surface area contributed by atoms with Gasteiger partial charge in [0, 0.05) is 63.0 Å². The molecule has 1 aromatic rings. The lowest BCUT2D eigenvalue weighted by atomic mass is 9.75. The number of hydrogen-bond acceptors (Lipinski definition) is 5. The summed E-state index contributed by atoms with van der Waals surface area (Å²) in [5.41, 5.74) is 0.738. The first-order valence-electron chi connectivity index (χ1n) is 12.6. The van der Waals surface area contributed by atoms with Gasteiger partial charge in [-0.3, -0.25) is 9.69 Å². The van der Waals surface area contributed by atoms with Gasteiger partial charge in [0.05, 0.1) is 0 Å². The van der Waals surface area contributed by atoms with Crippen molar-refractivity contribution in [1.29, 1.82) is 0 Å². The summed E-state index contributed by atoms with van der Waals surface area (Å²) >= 11 is 0. The maximum Gasteiger partial charge on any atom is 0.321 e. The monoisotopic (exact) mass is 454 g/mol. The maximum absolute atomic E-state index is 12.9. The molecule has 0 saturated carbocycles. The van der Waals surface area contributed by atoms with Gasteiger partial charge < -0.3 is 24.6 Å². The highest BCUT2D eigenvalue weighted by atomic mass is 16.6. The molecular weight excluding hydrogens is 420 g/mol. The zero-order valence-corrected chi connectivity index (χ0v) is 19.2. The van der Waals surface area contributed by atoms with Crippen LogP contribution in [0.25, 0.3) is 0 Å². The van der Waals surface area contributed by atoms with Crippen LogP contribution in [0.2, 0.25) is 0 Å². The Bertz CT molecular complexity index is 916. The molecule has 178 valence electrons. The van der Waals surface area contributed by atoms with Crippen LogP contribution in [0.1, 0.15) is 38.5 Å². The van der Waals surface area contributed by atoms with Crippen molar-refractivity contribution in [3.63, 3.8) is 0 Å². The van der Waals surface area contributed by atoms with Crippen LogP contribution >= 0.6 is 0 Å². The van der Waals surface area contributed by atoms with E-state index in [4.69, 9.17) is 9.47 Å². The van der Waals surface area contributed by atoms with Crippen molar-refractivity contribution in [2.45, 2.75) is 50.6 Å². The highest BCUT2D eigenvalue weighted by Crippen LogP contribution is 2.39. The number of nitrogens with zero attached hydrogens (tertiary/aromatic N) is 3. The van der Waals surface area contributed by atoms with Crippen molar-refractivity contribution in [2.24, 2.45) is 11.8 Å². The molecule has 0 aliphatic carbocycles. The molecule has 5 heterocycles. The van der Waals surface area contributed by atoms with Crippen molar-refractivity contribution >= 4 is 17.6 Å². The summed E-state index contributed by atoms with van der Waals surface area (Å²) in [5, 5.41) is 3.02. The Hall–Kier alpha value is -2.48. The van der Waals surface area contributed by atoms with E-state index in [0.29, 0.717) is 48.8 Å². The number of piperidine rings is 4. The minimum absolute atomic E-state index is 0.0444. The number of hydrogen-bond donors (Lipinski definition) is 1. The van der Waals surface area contributed by atoms with E-state index in [1.165, 1.54) is 12.8 Å². The quantitative estimate of drug-likeness (QED) is 0.744. The number of rotatable bonds is 2. The van der Waals surface area contributed by atoms with Crippen LogP contribution in [0.15, 0.2) is 18.2 Å². The second kappa shape index (κ2) is 8.70. The van der Waals surface area contributed by atoms with Gasteiger partial charge in [0.25, 0.3) is 0 Å². The first-order chi connectivity index (χ1) is 16.1. The lowest BCUT2D eigenvalue weighted by molar-refractivity contribution is -0.145. The van der Waals surface area contributed by atoms with Crippen LogP contribution in [-0.2, 0) is 4.79 Å². The Balaban J connectivity index is 1.03. The summed E-state index contributed by atoms with van der Waals surface area (Å²) in [6.07, 6.45) is 6.28. The van der Waals surface area contributed by atoms with Gasteiger partial charge in [-0.1, -0.05) is 0 Å². The van der Waals surface area contributed by atoms with E-state index in [2.05, 4.69) is 15.1 Å². The summed E-state index contributed by atoms with van der Waals surface area (Å²) in [6.45, 7) is 5.81. The van der Waals surface area contributed by atoms with Crippen LogP contribution in [-0.4, -0.2) is 84.7 Å². The predicted octanol–water partition coefficient (Wildman–Crippen LogP) is 2.79. The predicted molar refractivity (Wildman–Crippen MR) is 124 cm³/mol. The summed E-state index contributed by atoms with van der Waals surface area (Å²) in [4.78, 5) is 32.1. The van der Waals surface area contributed by atoms with Gasteiger partial charge in [-0.25, -0.2) is 4.79 Å². The third-order valence-corrected chi connectivity index (χ3v) is 8.27. The molecule has 0 spiro atoms. The van der Waals surface area contributed by atoms with Crippen LogP contribution in [0.3, 0.4) is 0 Å². The Morgan fingerprint density at radius 1 is 1.00 bits per heavy atom. The molecule has 6 rings (SSSR count). The zero-order chi connectivity index (χ0) is 22.4. The number of carbonyl (C=O) groups is 2. The Labute approximate surface area is 195 Å².